The number of hydrogen-bond donors (Lipinski definition) is 2. The summed E-state index contributed by atoms with van der Waals surface area (Å²) in [7, 11) is 1.98. The number of likely N-dealkylation sites (tertiary alicyclic amines) is 1. The molecule has 0 spiro atoms. The third kappa shape index (κ3) is 5.54. The maximum atomic E-state index is 4.74. The first kappa shape index (κ1) is 19.9. The van der Waals surface area contributed by atoms with Crippen LogP contribution in [0.15, 0.2) is 17.6 Å². The van der Waals surface area contributed by atoms with Crippen molar-refractivity contribution in [2.45, 2.75) is 70.5 Å². The van der Waals surface area contributed by atoms with Crippen molar-refractivity contribution in [3.05, 3.63) is 24.3 Å². The van der Waals surface area contributed by atoms with Crippen LogP contribution in [0.3, 0.4) is 0 Å². The van der Waals surface area contributed by atoms with Crippen molar-refractivity contribution < 1.29 is 0 Å². The minimum atomic E-state index is 0.443. The van der Waals surface area contributed by atoms with Gasteiger partial charge in [-0.15, -0.1) is 16.8 Å². The molecule has 0 bridgehead atoms. The van der Waals surface area contributed by atoms with Gasteiger partial charge >= 0.3 is 0 Å². The molecule has 2 fully saturated rings. The SMILES string of the molecule is C=CCNC(=NCc1nnc(C)n1C)NC1CCCN(C2CCCCC2)C1. The van der Waals surface area contributed by atoms with Gasteiger partial charge in [-0.2, -0.15) is 0 Å². The average Bonchev–Trinajstić information content (AvgIpc) is 3.03. The molecule has 7 heteroatoms. The van der Waals surface area contributed by atoms with E-state index in [4.69, 9.17) is 4.99 Å². The number of nitrogens with one attached hydrogen (secondary N) is 2. The van der Waals surface area contributed by atoms with E-state index >= 15 is 0 Å². The molecule has 150 valence electrons. The fourth-order valence-corrected chi connectivity index (χ4v) is 4.16. The van der Waals surface area contributed by atoms with Gasteiger partial charge in [-0.25, -0.2) is 4.99 Å². The smallest absolute Gasteiger partial charge is 0.192 e. The molecule has 1 aliphatic heterocycles. The molecule has 27 heavy (non-hydrogen) atoms. The van der Waals surface area contributed by atoms with E-state index in [1.807, 2.05) is 24.6 Å². The Balaban J connectivity index is 1.59. The Hall–Kier alpha value is -1.89. The van der Waals surface area contributed by atoms with Crippen molar-refractivity contribution in [3.8, 4) is 0 Å². The van der Waals surface area contributed by atoms with E-state index in [1.165, 1.54) is 51.5 Å². The van der Waals surface area contributed by atoms with Crippen LogP contribution in [0.1, 0.15) is 56.6 Å². The molecule has 1 saturated heterocycles. The average molecular weight is 374 g/mol. The molecule has 1 aliphatic carbocycles. The Morgan fingerprint density at radius 1 is 1.22 bits per heavy atom. The molecule has 1 atom stereocenters. The van der Waals surface area contributed by atoms with Crippen LogP contribution in [0.5, 0.6) is 0 Å². The van der Waals surface area contributed by atoms with E-state index in [1.54, 1.807) is 0 Å². The van der Waals surface area contributed by atoms with E-state index in [0.717, 1.165) is 30.2 Å². The minimum Gasteiger partial charge on any atom is -0.353 e. The largest absolute Gasteiger partial charge is 0.353 e. The van der Waals surface area contributed by atoms with E-state index < -0.39 is 0 Å². The quantitative estimate of drug-likeness (QED) is 0.454. The lowest BCUT2D eigenvalue weighted by atomic mass is 9.92. The highest BCUT2D eigenvalue weighted by Gasteiger charge is 2.27. The van der Waals surface area contributed by atoms with Crippen LogP contribution in [-0.4, -0.2) is 57.3 Å². The van der Waals surface area contributed by atoms with Crippen molar-refractivity contribution in [1.82, 2.24) is 30.3 Å². The molecule has 0 aromatic carbocycles. The summed E-state index contributed by atoms with van der Waals surface area (Å²) in [6, 6.07) is 1.23. The summed E-state index contributed by atoms with van der Waals surface area (Å²) < 4.78 is 1.99. The second kappa shape index (κ2) is 9.88. The van der Waals surface area contributed by atoms with Gasteiger partial charge < -0.3 is 15.2 Å². The predicted octanol–water partition coefficient (Wildman–Crippen LogP) is 2.14. The molecule has 1 aromatic heterocycles. The molecule has 7 nitrogen and oxygen atoms in total. The molecule has 2 heterocycles. The fourth-order valence-electron chi connectivity index (χ4n) is 4.16. The van der Waals surface area contributed by atoms with Crippen LogP contribution in [0, 0.1) is 6.92 Å². The lowest BCUT2D eigenvalue weighted by Crippen LogP contribution is -2.53. The molecule has 1 unspecified atom stereocenters. The van der Waals surface area contributed by atoms with Crippen molar-refractivity contribution in [3.63, 3.8) is 0 Å². The molecular formula is C20H35N7. The highest BCUT2D eigenvalue weighted by molar-refractivity contribution is 5.80. The summed E-state index contributed by atoms with van der Waals surface area (Å²) in [5.74, 6) is 2.62. The maximum absolute atomic E-state index is 4.74. The third-order valence-corrected chi connectivity index (χ3v) is 5.86. The zero-order valence-electron chi connectivity index (χ0n) is 17.0. The number of aromatic nitrogens is 3. The number of hydrogen-bond acceptors (Lipinski definition) is 4. The van der Waals surface area contributed by atoms with Crippen LogP contribution in [0.4, 0.5) is 0 Å². The minimum absolute atomic E-state index is 0.443. The van der Waals surface area contributed by atoms with Crippen molar-refractivity contribution in [2.24, 2.45) is 12.0 Å². The zero-order chi connectivity index (χ0) is 19.1. The van der Waals surface area contributed by atoms with Crippen LogP contribution < -0.4 is 10.6 Å². The lowest BCUT2D eigenvalue weighted by molar-refractivity contribution is 0.115. The van der Waals surface area contributed by atoms with Crippen molar-refractivity contribution in [2.75, 3.05) is 19.6 Å². The number of nitrogens with zero attached hydrogens (tertiary/aromatic N) is 5. The van der Waals surface area contributed by atoms with Crippen molar-refractivity contribution in [1.29, 1.82) is 0 Å². The molecule has 2 N–H and O–H groups in total. The van der Waals surface area contributed by atoms with Gasteiger partial charge in [0, 0.05) is 32.2 Å². The number of aliphatic imine (C=N–C) groups is 1. The first-order chi connectivity index (χ1) is 13.2. The Labute approximate surface area is 163 Å². The second-order valence-electron chi connectivity index (χ2n) is 7.83. The molecule has 3 rings (SSSR count). The topological polar surface area (TPSA) is 70.4 Å². The predicted molar refractivity (Wildman–Crippen MR) is 110 cm³/mol. The molecule has 0 radical (unpaired) electrons. The summed E-state index contributed by atoms with van der Waals surface area (Å²) in [4.78, 5) is 7.45. The number of guanidine groups is 1. The van der Waals surface area contributed by atoms with Gasteiger partial charge in [0.1, 0.15) is 12.4 Å². The molecular weight excluding hydrogens is 338 g/mol. The second-order valence-corrected chi connectivity index (χ2v) is 7.83. The molecule has 1 aromatic rings. The summed E-state index contributed by atoms with van der Waals surface area (Å²) in [5, 5.41) is 15.3. The highest BCUT2D eigenvalue weighted by atomic mass is 15.3. The van der Waals surface area contributed by atoms with E-state index in [0.29, 0.717) is 19.1 Å². The van der Waals surface area contributed by atoms with Gasteiger partial charge in [-0.05, 0) is 39.2 Å². The normalized spacial score (nSPS) is 22.6. The summed E-state index contributed by atoms with van der Waals surface area (Å²) in [5.41, 5.74) is 0. The molecule has 1 saturated carbocycles. The Morgan fingerprint density at radius 2 is 2.04 bits per heavy atom. The standard InChI is InChI=1S/C20H35N7/c1-4-12-21-20(22-14-19-25-24-16(2)26(19)3)23-17-9-8-13-27(15-17)18-10-6-5-7-11-18/h4,17-18H,1,5-15H2,2-3H3,(H2,21,22,23). The molecule has 0 amide bonds. The maximum Gasteiger partial charge on any atom is 0.192 e. The lowest BCUT2D eigenvalue weighted by Gasteiger charge is -2.40. The van der Waals surface area contributed by atoms with E-state index in [-0.39, 0.29) is 0 Å². The number of rotatable bonds is 6. The number of piperidine rings is 1. The van der Waals surface area contributed by atoms with Gasteiger partial charge in [-0.3, -0.25) is 4.90 Å². The fraction of sp³-hybridized carbons (Fsp3) is 0.750. The van der Waals surface area contributed by atoms with E-state index in [2.05, 4.69) is 32.3 Å². The van der Waals surface area contributed by atoms with Crippen molar-refractivity contribution >= 4 is 5.96 Å². The summed E-state index contributed by atoms with van der Waals surface area (Å²) >= 11 is 0. The summed E-state index contributed by atoms with van der Waals surface area (Å²) in [6.45, 7) is 9.34. The van der Waals surface area contributed by atoms with Crippen LogP contribution in [0.2, 0.25) is 0 Å². The Morgan fingerprint density at radius 3 is 2.74 bits per heavy atom. The zero-order valence-corrected chi connectivity index (χ0v) is 17.0. The molecule has 2 aliphatic rings. The van der Waals surface area contributed by atoms with Crippen LogP contribution in [-0.2, 0) is 13.6 Å². The van der Waals surface area contributed by atoms with Gasteiger partial charge in [-0.1, -0.05) is 25.3 Å². The van der Waals surface area contributed by atoms with Gasteiger partial charge in [0.25, 0.3) is 0 Å². The summed E-state index contributed by atoms with van der Waals surface area (Å²) in [6.07, 6.45) is 11.2. The first-order valence-electron chi connectivity index (χ1n) is 10.4. The third-order valence-electron chi connectivity index (χ3n) is 5.86. The van der Waals surface area contributed by atoms with Crippen LogP contribution in [0.25, 0.3) is 0 Å². The van der Waals surface area contributed by atoms with Gasteiger partial charge in [0.15, 0.2) is 11.8 Å². The monoisotopic (exact) mass is 373 g/mol. The Kier molecular flexibility index (Phi) is 7.26. The first-order valence-corrected chi connectivity index (χ1v) is 10.4. The van der Waals surface area contributed by atoms with Gasteiger partial charge in [0.05, 0.1) is 0 Å². The van der Waals surface area contributed by atoms with E-state index in [9.17, 15) is 0 Å². The number of aryl methyl sites for hydroxylation is 1. The highest BCUT2D eigenvalue weighted by Crippen LogP contribution is 2.25. The van der Waals surface area contributed by atoms with Gasteiger partial charge in [0.2, 0.25) is 0 Å². The van der Waals surface area contributed by atoms with Crippen LogP contribution >= 0.6 is 0 Å². The Bertz CT molecular complexity index is 630.